The predicted octanol–water partition coefficient (Wildman–Crippen LogP) is 6.07. The number of likely N-dealkylation sites (tertiary alicyclic amines) is 1. The molecule has 0 spiro atoms. The van der Waals surface area contributed by atoms with Gasteiger partial charge in [0.25, 0.3) is 5.91 Å². The first-order valence-electron chi connectivity index (χ1n) is 11.2. The van der Waals surface area contributed by atoms with Crippen molar-refractivity contribution < 1.29 is 4.79 Å². The zero-order chi connectivity index (χ0) is 22.3. The van der Waals surface area contributed by atoms with Crippen molar-refractivity contribution in [1.29, 1.82) is 0 Å². The summed E-state index contributed by atoms with van der Waals surface area (Å²) in [7, 11) is 2.04. The van der Waals surface area contributed by atoms with E-state index in [0.717, 1.165) is 63.9 Å². The molecule has 3 aromatic rings. The predicted molar refractivity (Wildman–Crippen MR) is 130 cm³/mol. The highest BCUT2D eigenvalue weighted by Crippen LogP contribution is 2.38. The van der Waals surface area contributed by atoms with E-state index in [1.165, 1.54) is 16.9 Å². The lowest BCUT2D eigenvalue weighted by Gasteiger charge is -2.30. The summed E-state index contributed by atoms with van der Waals surface area (Å²) in [4.78, 5) is 28.6. The largest absolute Gasteiger partial charge is 0.338 e. The highest BCUT2D eigenvalue weighted by atomic mass is 32.1. The van der Waals surface area contributed by atoms with Crippen molar-refractivity contribution in [2.24, 2.45) is 5.92 Å². The maximum Gasteiger partial charge on any atom is 0.264 e. The van der Waals surface area contributed by atoms with E-state index in [0.29, 0.717) is 11.8 Å². The van der Waals surface area contributed by atoms with Crippen LogP contribution in [0.15, 0.2) is 24.3 Å². The second kappa shape index (κ2) is 8.58. The SMILES string of the molecule is Cc1nc(N(C)c2ccc(C(C)C)cc2)c2c(C)c(C(=O)N3CCC(C)CC3)sc2n1. The Labute approximate surface area is 189 Å². The molecule has 3 heterocycles. The fourth-order valence-corrected chi connectivity index (χ4v) is 5.42. The first-order valence-corrected chi connectivity index (χ1v) is 12.0. The molecule has 0 radical (unpaired) electrons. The normalized spacial score (nSPS) is 15.1. The van der Waals surface area contributed by atoms with Gasteiger partial charge in [0.1, 0.15) is 16.5 Å². The number of benzene rings is 1. The number of carbonyl (C=O) groups is 1. The van der Waals surface area contributed by atoms with E-state index in [1.54, 1.807) is 0 Å². The Balaban J connectivity index is 1.73. The number of nitrogens with zero attached hydrogens (tertiary/aromatic N) is 4. The summed E-state index contributed by atoms with van der Waals surface area (Å²) in [6.45, 7) is 12.3. The molecule has 0 N–H and O–H groups in total. The highest BCUT2D eigenvalue weighted by molar-refractivity contribution is 7.20. The second-order valence-corrected chi connectivity index (χ2v) is 10.1. The maximum absolute atomic E-state index is 13.3. The lowest BCUT2D eigenvalue weighted by molar-refractivity contribution is 0.0701. The van der Waals surface area contributed by atoms with Gasteiger partial charge in [0, 0.05) is 25.8 Å². The van der Waals surface area contributed by atoms with E-state index < -0.39 is 0 Å². The fraction of sp³-hybridized carbons (Fsp3) is 0.480. The number of aromatic nitrogens is 2. The summed E-state index contributed by atoms with van der Waals surface area (Å²) in [5.41, 5.74) is 3.38. The van der Waals surface area contributed by atoms with E-state index in [4.69, 9.17) is 4.98 Å². The molecule has 0 bridgehead atoms. The molecule has 31 heavy (non-hydrogen) atoms. The Morgan fingerprint density at radius 1 is 1.13 bits per heavy atom. The Hall–Kier alpha value is -2.47. The van der Waals surface area contributed by atoms with Gasteiger partial charge in [0.15, 0.2) is 0 Å². The molecule has 1 aliphatic rings. The fourth-order valence-electron chi connectivity index (χ4n) is 4.23. The van der Waals surface area contributed by atoms with Crippen molar-refractivity contribution in [2.45, 2.75) is 53.4 Å². The van der Waals surface area contributed by atoms with Crippen molar-refractivity contribution >= 4 is 39.0 Å². The van der Waals surface area contributed by atoms with Crippen LogP contribution in [0, 0.1) is 19.8 Å². The van der Waals surface area contributed by atoms with Crippen LogP contribution in [0.1, 0.15) is 66.2 Å². The number of amides is 1. The third kappa shape index (κ3) is 4.18. The van der Waals surface area contributed by atoms with Crippen LogP contribution in [0.5, 0.6) is 0 Å². The van der Waals surface area contributed by atoms with Gasteiger partial charge in [-0.1, -0.05) is 32.9 Å². The first-order chi connectivity index (χ1) is 14.8. The molecule has 1 aliphatic heterocycles. The first kappa shape index (κ1) is 21.8. The van der Waals surface area contributed by atoms with Gasteiger partial charge in [-0.05, 0) is 61.8 Å². The monoisotopic (exact) mass is 436 g/mol. The minimum atomic E-state index is 0.139. The van der Waals surface area contributed by atoms with Crippen LogP contribution < -0.4 is 4.90 Å². The number of hydrogen-bond donors (Lipinski definition) is 0. The summed E-state index contributed by atoms with van der Waals surface area (Å²) < 4.78 is 0. The number of thiophene rings is 1. The summed E-state index contributed by atoms with van der Waals surface area (Å²) in [6.07, 6.45) is 2.16. The standard InChI is InChI=1S/C25H32N4OS/c1-15(2)19-7-9-20(10-8-19)28(6)23-21-17(4)22(31-24(21)27-18(5)26-23)25(30)29-13-11-16(3)12-14-29/h7-10,15-16H,11-14H2,1-6H3. The number of anilines is 2. The van der Waals surface area contributed by atoms with E-state index in [9.17, 15) is 4.79 Å². The van der Waals surface area contributed by atoms with Gasteiger partial charge in [0.05, 0.1) is 10.3 Å². The third-order valence-electron chi connectivity index (χ3n) is 6.41. The molecule has 164 valence electrons. The number of hydrogen-bond acceptors (Lipinski definition) is 5. The molecule has 1 aromatic carbocycles. The summed E-state index contributed by atoms with van der Waals surface area (Å²) in [5.74, 6) is 2.92. The van der Waals surface area contributed by atoms with Gasteiger partial charge in [-0.3, -0.25) is 4.79 Å². The summed E-state index contributed by atoms with van der Waals surface area (Å²) >= 11 is 1.50. The number of carbonyl (C=O) groups excluding carboxylic acids is 1. The molecule has 1 amide bonds. The molecule has 1 fully saturated rings. The molecule has 0 unspecified atom stereocenters. The van der Waals surface area contributed by atoms with Crippen LogP contribution in [-0.4, -0.2) is 40.9 Å². The molecular formula is C25H32N4OS. The van der Waals surface area contributed by atoms with Crippen LogP contribution in [0.4, 0.5) is 11.5 Å². The van der Waals surface area contributed by atoms with E-state index in [1.807, 2.05) is 25.8 Å². The van der Waals surface area contributed by atoms with Crippen LogP contribution in [-0.2, 0) is 0 Å². The van der Waals surface area contributed by atoms with Gasteiger partial charge < -0.3 is 9.80 Å². The third-order valence-corrected chi connectivity index (χ3v) is 7.59. The number of fused-ring (bicyclic) bond motifs is 1. The van der Waals surface area contributed by atoms with Gasteiger partial charge >= 0.3 is 0 Å². The summed E-state index contributed by atoms with van der Waals surface area (Å²) in [5, 5.41) is 0.986. The topological polar surface area (TPSA) is 49.3 Å². The van der Waals surface area contributed by atoms with Crippen molar-refractivity contribution in [3.8, 4) is 0 Å². The van der Waals surface area contributed by atoms with E-state index >= 15 is 0 Å². The Bertz CT molecular complexity index is 1090. The quantitative estimate of drug-likeness (QED) is 0.498. The number of aryl methyl sites for hydroxylation is 2. The van der Waals surface area contributed by atoms with Crippen molar-refractivity contribution in [3.05, 3.63) is 46.1 Å². The molecule has 2 aromatic heterocycles. The van der Waals surface area contributed by atoms with Gasteiger partial charge in [-0.15, -0.1) is 11.3 Å². The average molecular weight is 437 g/mol. The number of piperidine rings is 1. The second-order valence-electron chi connectivity index (χ2n) is 9.11. The molecule has 1 saturated heterocycles. The lowest BCUT2D eigenvalue weighted by Crippen LogP contribution is -2.37. The van der Waals surface area contributed by atoms with Crippen LogP contribution in [0.25, 0.3) is 10.2 Å². The summed E-state index contributed by atoms with van der Waals surface area (Å²) in [6, 6.07) is 8.63. The molecule has 0 atom stereocenters. The zero-order valence-corrected chi connectivity index (χ0v) is 20.2. The molecular weight excluding hydrogens is 404 g/mol. The number of rotatable bonds is 4. The zero-order valence-electron chi connectivity index (χ0n) is 19.4. The molecule has 4 rings (SSSR count). The smallest absolute Gasteiger partial charge is 0.264 e. The molecule has 5 nitrogen and oxygen atoms in total. The molecule has 6 heteroatoms. The highest BCUT2D eigenvalue weighted by Gasteiger charge is 2.27. The van der Waals surface area contributed by atoms with E-state index in [-0.39, 0.29) is 5.91 Å². The van der Waals surface area contributed by atoms with Gasteiger partial charge in [-0.25, -0.2) is 9.97 Å². The maximum atomic E-state index is 13.3. The molecule has 0 aliphatic carbocycles. The minimum Gasteiger partial charge on any atom is -0.338 e. The Morgan fingerprint density at radius 2 is 1.77 bits per heavy atom. The average Bonchev–Trinajstić information content (AvgIpc) is 3.08. The van der Waals surface area contributed by atoms with Crippen molar-refractivity contribution in [1.82, 2.24) is 14.9 Å². The van der Waals surface area contributed by atoms with Gasteiger partial charge in [0.2, 0.25) is 0 Å². The van der Waals surface area contributed by atoms with E-state index in [2.05, 4.69) is 54.9 Å². The van der Waals surface area contributed by atoms with Crippen molar-refractivity contribution in [3.63, 3.8) is 0 Å². The van der Waals surface area contributed by atoms with Crippen LogP contribution in [0.2, 0.25) is 0 Å². The Morgan fingerprint density at radius 3 is 2.39 bits per heavy atom. The van der Waals surface area contributed by atoms with Gasteiger partial charge in [-0.2, -0.15) is 0 Å². The van der Waals surface area contributed by atoms with Crippen LogP contribution >= 0.6 is 11.3 Å². The lowest BCUT2D eigenvalue weighted by atomic mass is 9.99. The Kier molecular flexibility index (Phi) is 6.02. The van der Waals surface area contributed by atoms with Crippen LogP contribution in [0.3, 0.4) is 0 Å². The van der Waals surface area contributed by atoms with Crippen molar-refractivity contribution in [2.75, 3.05) is 25.0 Å². The minimum absolute atomic E-state index is 0.139. The molecule has 0 saturated carbocycles.